The topological polar surface area (TPSA) is 26.8 Å². The van der Waals surface area contributed by atoms with Crippen molar-refractivity contribution < 1.29 is 4.79 Å². The average molecular weight is 349 g/mol. The first-order valence-electron chi connectivity index (χ1n) is 9.59. The van der Waals surface area contributed by atoms with Crippen molar-refractivity contribution in [3.8, 4) is 0 Å². The van der Waals surface area contributed by atoms with E-state index in [4.69, 9.17) is 0 Å². The summed E-state index contributed by atoms with van der Waals surface area (Å²) in [5.41, 5.74) is 3.76. The summed E-state index contributed by atoms with van der Waals surface area (Å²) < 4.78 is 0. The lowest BCUT2D eigenvalue weighted by Crippen LogP contribution is -2.50. The third-order valence-corrected chi connectivity index (χ3v) is 5.55. The second kappa shape index (κ2) is 7.60. The van der Waals surface area contributed by atoms with Gasteiger partial charge in [-0.2, -0.15) is 0 Å². The molecule has 0 unspecified atom stereocenters. The molecule has 1 atom stereocenters. The minimum absolute atomic E-state index is 0.235. The van der Waals surface area contributed by atoms with E-state index in [1.54, 1.807) is 0 Å². The Morgan fingerprint density at radius 2 is 1.58 bits per heavy atom. The Kier molecular flexibility index (Phi) is 5.05. The van der Waals surface area contributed by atoms with Gasteiger partial charge in [0.1, 0.15) is 0 Å². The van der Waals surface area contributed by atoms with Crippen LogP contribution >= 0.6 is 0 Å². The highest BCUT2D eigenvalue weighted by Crippen LogP contribution is 2.31. The third kappa shape index (κ3) is 3.67. The van der Waals surface area contributed by atoms with Crippen LogP contribution in [0.2, 0.25) is 0 Å². The molecule has 0 radical (unpaired) electrons. The molecule has 2 aliphatic heterocycles. The number of rotatable bonds is 4. The molecule has 1 saturated heterocycles. The summed E-state index contributed by atoms with van der Waals surface area (Å²) >= 11 is 0. The number of hydrogen-bond acceptors (Lipinski definition) is 3. The number of carbonyl (C=O) groups is 1. The van der Waals surface area contributed by atoms with Crippen LogP contribution in [0.15, 0.2) is 54.6 Å². The van der Waals surface area contributed by atoms with Crippen molar-refractivity contribution >= 4 is 11.6 Å². The Morgan fingerprint density at radius 3 is 2.35 bits per heavy atom. The average Bonchev–Trinajstić information content (AvgIpc) is 3.00. The summed E-state index contributed by atoms with van der Waals surface area (Å²) in [4.78, 5) is 19.7. The highest BCUT2D eigenvalue weighted by atomic mass is 16.2. The van der Waals surface area contributed by atoms with Gasteiger partial charge >= 0.3 is 0 Å². The first-order chi connectivity index (χ1) is 12.7. The standard InChI is InChI=1S/C22H27N3O/c1-18-15-20-9-5-6-10-21(20)25(18)22(26)17-24-13-11-23(12-14-24)16-19-7-3-2-4-8-19/h2-10,18H,11-17H2,1H3/t18-/m0/s1. The monoisotopic (exact) mass is 349 g/mol. The Labute approximate surface area is 156 Å². The van der Waals surface area contributed by atoms with E-state index in [9.17, 15) is 4.79 Å². The Bertz CT molecular complexity index is 753. The van der Waals surface area contributed by atoms with E-state index < -0.39 is 0 Å². The molecule has 0 bridgehead atoms. The van der Waals surface area contributed by atoms with Crippen molar-refractivity contribution in [1.29, 1.82) is 0 Å². The van der Waals surface area contributed by atoms with Crippen LogP contribution in [-0.2, 0) is 17.8 Å². The fourth-order valence-electron chi connectivity index (χ4n) is 4.16. The molecule has 1 amide bonds. The SMILES string of the molecule is C[C@H]1Cc2ccccc2N1C(=O)CN1CCN(Cc2ccccc2)CC1. The lowest BCUT2D eigenvalue weighted by atomic mass is 10.1. The number of nitrogens with zero attached hydrogens (tertiary/aromatic N) is 3. The predicted octanol–water partition coefficient (Wildman–Crippen LogP) is 2.78. The van der Waals surface area contributed by atoms with Crippen LogP contribution in [0.25, 0.3) is 0 Å². The third-order valence-electron chi connectivity index (χ3n) is 5.55. The predicted molar refractivity (Wildman–Crippen MR) is 105 cm³/mol. The van der Waals surface area contributed by atoms with Gasteiger partial charge in [-0.15, -0.1) is 0 Å². The summed E-state index contributed by atoms with van der Waals surface area (Å²) in [6.07, 6.45) is 0.965. The van der Waals surface area contributed by atoms with E-state index in [1.165, 1.54) is 11.1 Å². The highest BCUT2D eigenvalue weighted by Gasteiger charge is 2.31. The smallest absolute Gasteiger partial charge is 0.241 e. The summed E-state index contributed by atoms with van der Waals surface area (Å²) in [6, 6.07) is 19.2. The minimum atomic E-state index is 0.235. The fraction of sp³-hybridized carbons (Fsp3) is 0.409. The molecular weight excluding hydrogens is 322 g/mol. The van der Waals surface area contributed by atoms with Gasteiger partial charge in [-0.25, -0.2) is 0 Å². The molecule has 0 aliphatic carbocycles. The van der Waals surface area contributed by atoms with E-state index in [2.05, 4.69) is 65.3 Å². The molecule has 4 rings (SSSR count). The Balaban J connectivity index is 1.31. The zero-order valence-corrected chi connectivity index (χ0v) is 15.5. The number of piperazine rings is 1. The number of carbonyl (C=O) groups excluding carboxylic acids is 1. The van der Waals surface area contributed by atoms with Crippen LogP contribution in [0.5, 0.6) is 0 Å². The van der Waals surface area contributed by atoms with Crippen molar-refractivity contribution in [2.75, 3.05) is 37.6 Å². The molecule has 4 nitrogen and oxygen atoms in total. The molecular formula is C22H27N3O. The number of anilines is 1. The van der Waals surface area contributed by atoms with Crippen LogP contribution in [0.4, 0.5) is 5.69 Å². The summed E-state index contributed by atoms with van der Waals surface area (Å²) in [7, 11) is 0. The van der Waals surface area contributed by atoms with E-state index in [1.807, 2.05) is 11.0 Å². The van der Waals surface area contributed by atoms with Crippen molar-refractivity contribution in [2.24, 2.45) is 0 Å². The maximum atomic E-state index is 12.9. The fourth-order valence-corrected chi connectivity index (χ4v) is 4.16. The van der Waals surface area contributed by atoms with E-state index >= 15 is 0 Å². The number of amides is 1. The summed E-state index contributed by atoms with van der Waals surface area (Å²) in [5, 5.41) is 0. The highest BCUT2D eigenvalue weighted by molar-refractivity contribution is 5.97. The van der Waals surface area contributed by atoms with E-state index in [0.717, 1.165) is 44.8 Å². The molecule has 2 aliphatic rings. The van der Waals surface area contributed by atoms with Gasteiger partial charge in [-0.1, -0.05) is 48.5 Å². The van der Waals surface area contributed by atoms with Gasteiger partial charge in [-0.05, 0) is 30.5 Å². The molecule has 0 spiro atoms. The largest absolute Gasteiger partial charge is 0.308 e. The maximum absolute atomic E-state index is 12.9. The first kappa shape index (κ1) is 17.3. The molecule has 0 saturated carbocycles. The Morgan fingerprint density at radius 1 is 0.923 bits per heavy atom. The minimum Gasteiger partial charge on any atom is -0.308 e. The molecule has 2 aromatic carbocycles. The van der Waals surface area contributed by atoms with Gasteiger partial charge in [0.05, 0.1) is 6.54 Å². The van der Waals surface area contributed by atoms with E-state index in [-0.39, 0.29) is 11.9 Å². The quantitative estimate of drug-likeness (QED) is 0.849. The zero-order chi connectivity index (χ0) is 17.9. The first-order valence-corrected chi connectivity index (χ1v) is 9.59. The van der Waals surface area contributed by atoms with Crippen molar-refractivity contribution in [2.45, 2.75) is 25.9 Å². The molecule has 26 heavy (non-hydrogen) atoms. The van der Waals surface area contributed by atoms with Gasteiger partial charge in [0.2, 0.25) is 5.91 Å². The number of benzene rings is 2. The number of hydrogen-bond donors (Lipinski definition) is 0. The molecule has 0 aromatic heterocycles. The van der Waals surface area contributed by atoms with Crippen LogP contribution < -0.4 is 4.90 Å². The maximum Gasteiger partial charge on any atom is 0.241 e. The Hall–Kier alpha value is -2.17. The molecule has 2 heterocycles. The number of fused-ring (bicyclic) bond motifs is 1. The molecule has 1 fully saturated rings. The number of para-hydroxylation sites is 1. The van der Waals surface area contributed by atoms with E-state index in [0.29, 0.717) is 6.54 Å². The van der Waals surface area contributed by atoms with Crippen molar-refractivity contribution in [1.82, 2.24) is 9.80 Å². The van der Waals surface area contributed by atoms with Crippen LogP contribution in [-0.4, -0.2) is 54.5 Å². The lowest BCUT2D eigenvalue weighted by Gasteiger charge is -2.35. The molecule has 136 valence electrons. The van der Waals surface area contributed by atoms with Crippen molar-refractivity contribution in [3.63, 3.8) is 0 Å². The van der Waals surface area contributed by atoms with Crippen LogP contribution in [0.3, 0.4) is 0 Å². The zero-order valence-electron chi connectivity index (χ0n) is 15.5. The van der Waals surface area contributed by atoms with Gasteiger partial charge < -0.3 is 4.90 Å². The molecule has 0 N–H and O–H groups in total. The summed E-state index contributed by atoms with van der Waals surface area (Å²) in [5.74, 6) is 0.235. The van der Waals surface area contributed by atoms with Gasteiger partial charge in [0, 0.05) is 44.5 Å². The lowest BCUT2D eigenvalue weighted by molar-refractivity contribution is -0.120. The van der Waals surface area contributed by atoms with Gasteiger partial charge in [0.25, 0.3) is 0 Å². The molecule has 4 heteroatoms. The van der Waals surface area contributed by atoms with Crippen LogP contribution in [0.1, 0.15) is 18.1 Å². The summed E-state index contributed by atoms with van der Waals surface area (Å²) in [6.45, 7) is 7.64. The normalized spacial score (nSPS) is 21.0. The molecule has 2 aromatic rings. The second-order valence-corrected chi connectivity index (χ2v) is 7.48. The van der Waals surface area contributed by atoms with Crippen molar-refractivity contribution in [3.05, 3.63) is 65.7 Å². The van der Waals surface area contributed by atoms with Crippen LogP contribution in [0, 0.1) is 0 Å². The van der Waals surface area contributed by atoms with Gasteiger partial charge in [-0.3, -0.25) is 14.6 Å². The second-order valence-electron chi connectivity index (χ2n) is 7.48. The van der Waals surface area contributed by atoms with Gasteiger partial charge in [0.15, 0.2) is 0 Å².